The van der Waals surface area contributed by atoms with Crippen molar-refractivity contribution in [3.8, 4) is 11.5 Å². The highest BCUT2D eigenvalue weighted by Gasteiger charge is 2.10. The van der Waals surface area contributed by atoms with E-state index in [2.05, 4.69) is 21.4 Å². The number of ether oxygens (including phenoxy) is 2. The van der Waals surface area contributed by atoms with Crippen molar-refractivity contribution in [2.75, 3.05) is 20.3 Å². The Labute approximate surface area is 110 Å². The number of rotatable bonds is 7. The maximum atomic E-state index is 5.52. The highest BCUT2D eigenvalue weighted by Crippen LogP contribution is 2.36. The van der Waals surface area contributed by atoms with E-state index in [0.29, 0.717) is 19.8 Å². The minimum Gasteiger partial charge on any atom is -0.493 e. The van der Waals surface area contributed by atoms with Gasteiger partial charge in [-0.25, -0.2) is 0 Å². The molecule has 0 radical (unpaired) electrons. The van der Waals surface area contributed by atoms with Crippen LogP contribution < -0.4 is 15.0 Å². The molecule has 0 amide bonds. The zero-order valence-electron chi connectivity index (χ0n) is 10.4. The average Bonchev–Trinajstić information content (AvgIpc) is 2.32. The number of hydrogen-bond donors (Lipinski definition) is 1. The van der Waals surface area contributed by atoms with Crippen LogP contribution in [0.3, 0.4) is 0 Å². The molecule has 1 N–H and O–H groups in total. The second kappa shape index (κ2) is 7.53. The van der Waals surface area contributed by atoms with Crippen LogP contribution in [-0.2, 0) is 11.4 Å². The van der Waals surface area contributed by atoms with Crippen LogP contribution >= 0.6 is 15.9 Å². The molecule has 17 heavy (non-hydrogen) atoms. The van der Waals surface area contributed by atoms with Crippen LogP contribution in [0.4, 0.5) is 0 Å². The summed E-state index contributed by atoms with van der Waals surface area (Å²) in [5, 5.41) is 0. The summed E-state index contributed by atoms with van der Waals surface area (Å²) in [5.74, 6) is 1.45. The normalized spacial score (nSPS) is 10.4. The van der Waals surface area contributed by atoms with Gasteiger partial charge in [-0.3, -0.25) is 0 Å². The predicted octanol–water partition coefficient (Wildman–Crippen LogP) is 2.90. The Morgan fingerprint density at radius 3 is 2.59 bits per heavy atom. The Morgan fingerprint density at radius 2 is 2.00 bits per heavy atom. The van der Waals surface area contributed by atoms with E-state index in [1.807, 2.05) is 26.0 Å². The molecular weight excluding hydrogens is 286 g/mol. The minimum atomic E-state index is 0.603. The second-order valence-electron chi connectivity index (χ2n) is 3.30. The quantitative estimate of drug-likeness (QED) is 0.621. The van der Waals surface area contributed by atoms with Crippen LogP contribution in [-0.4, -0.2) is 20.3 Å². The average molecular weight is 304 g/mol. The van der Waals surface area contributed by atoms with Crippen molar-refractivity contribution in [1.82, 2.24) is 5.48 Å². The van der Waals surface area contributed by atoms with Crippen LogP contribution in [0.1, 0.15) is 19.4 Å². The van der Waals surface area contributed by atoms with E-state index < -0.39 is 0 Å². The summed E-state index contributed by atoms with van der Waals surface area (Å²) in [6, 6.07) is 3.92. The molecule has 4 nitrogen and oxygen atoms in total. The van der Waals surface area contributed by atoms with Crippen molar-refractivity contribution >= 4 is 15.9 Å². The number of halogens is 1. The van der Waals surface area contributed by atoms with Gasteiger partial charge in [-0.2, -0.15) is 5.48 Å². The number of methoxy groups -OCH3 is 1. The maximum absolute atomic E-state index is 5.52. The first kappa shape index (κ1) is 14.3. The molecule has 5 heteroatoms. The molecule has 1 aromatic rings. The van der Waals surface area contributed by atoms with Crippen molar-refractivity contribution in [3.63, 3.8) is 0 Å². The fraction of sp³-hybridized carbons (Fsp3) is 0.500. The molecule has 0 aliphatic heterocycles. The van der Waals surface area contributed by atoms with Crippen molar-refractivity contribution in [2.24, 2.45) is 0 Å². The standard InChI is InChI=1S/C12H18BrNO3/c1-4-16-12-10(13)6-9(7-11(12)15-3)8-14-17-5-2/h6-7,14H,4-5,8H2,1-3H3. The van der Waals surface area contributed by atoms with Gasteiger partial charge in [0.15, 0.2) is 11.5 Å². The largest absolute Gasteiger partial charge is 0.493 e. The highest BCUT2D eigenvalue weighted by atomic mass is 79.9. The Morgan fingerprint density at radius 1 is 1.24 bits per heavy atom. The summed E-state index contributed by atoms with van der Waals surface area (Å²) in [5.41, 5.74) is 3.92. The predicted molar refractivity (Wildman–Crippen MR) is 70.3 cm³/mol. The molecule has 0 atom stereocenters. The first-order valence-electron chi connectivity index (χ1n) is 5.56. The molecule has 0 spiro atoms. The van der Waals surface area contributed by atoms with Crippen molar-refractivity contribution in [3.05, 3.63) is 22.2 Å². The lowest BCUT2D eigenvalue weighted by Crippen LogP contribution is -2.13. The molecule has 1 aromatic carbocycles. The minimum absolute atomic E-state index is 0.603. The summed E-state index contributed by atoms with van der Waals surface area (Å²) in [7, 11) is 1.63. The summed E-state index contributed by atoms with van der Waals surface area (Å²) in [6.45, 7) is 5.73. The van der Waals surface area contributed by atoms with Gasteiger partial charge < -0.3 is 14.3 Å². The molecule has 0 unspecified atom stereocenters. The molecule has 0 heterocycles. The van der Waals surface area contributed by atoms with Crippen LogP contribution in [0.25, 0.3) is 0 Å². The molecule has 0 aliphatic rings. The van der Waals surface area contributed by atoms with E-state index in [1.54, 1.807) is 7.11 Å². The molecule has 0 aliphatic carbocycles. The third-order valence-corrected chi connectivity index (χ3v) is 2.69. The lowest BCUT2D eigenvalue weighted by Gasteiger charge is -2.13. The first-order chi connectivity index (χ1) is 8.22. The summed E-state index contributed by atoms with van der Waals surface area (Å²) < 4.78 is 11.7. The molecule has 0 saturated carbocycles. The van der Waals surface area contributed by atoms with E-state index >= 15 is 0 Å². The highest BCUT2D eigenvalue weighted by molar-refractivity contribution is 9.10. The Kier molecular flexibility index (Phi) is 6.32. The third-order valence-electron chi connectivity index (χ3n) is 2.10. The summed E-state index contributed by atoms with van der Waals surface area (Å²) in [4.78, 5) is 5.09. The lowest BCUT2D eigenvalue weighted by molar-refractivity contribution is 0.0463. The van der Waals surface area contributed by atoms with Gasteiger partial charge in [0.2, 0.25) is 0 Å². The molecular formula is C12H18BrNO3. The lowest BCUT2D eigenvalue weighted by atomic mass is 10.2. The number of nitrogens with one attached hydrogen (secondary N) is 1. The van der Waals surface area contributed by atoms with Crippen LogP contribution in [0.5, 0.6) is 11.5 Å². The van der Waals surface area contributed by atoms with Crippen molar-refractivity contribution in [2.45, 2.75) is 20.4 Å². The van der Waals surface area contributed by atoms with Crippen LogP contribution in [0.2, 0.25) is 0 Å². The fourth-order valence-corrected chi connectivity index (χ4v) is 2.00. The van der Waals surface area contributed by atoms with Gasteiger partial charge in [0, 0.05) is 6.54 Å². The van der Waals surface area contributed by atoms with E-state index in [-0.39, 0.29) is 0 Å². The number of hydrogen-bond acceptors (Lipinski definition) is 4. The van der Waals surface area contributed by atoms with E-state index in [4.69, 9.17) is 14.3 Å². The Hall–Kier alpha value is -0.780. The number of hydroxylamine groups is 1. The van der Waals surface area contributed by atoms with E-state index in [1.165, 1.54) is 0 Å². The zero-order valence-corrected chi connectivity index (χ0v) is 12.0. The Bertz CT molecular complexity index is 358. The fourth-order valence-electron chi connectivity index (χ4n) is 1.40. The molecule has 0 aromatic heterocycles. The second-order valence-corrected chi connectivity index (χ2v) is 4.15. The summed E-state index contributed by atoms with van der Waals surface area (Å²) in [6.07, 6.45) is 0. The van der Waals surface area contributed by atoms with Gasteiger partial charge in [0.25, 0.3) is 0 Å². The SMILES string of the molecule is CCONCc1cc(Br)c(OCC)c(OC)c1. The van der Waals surface area contributed by atoms with Crippen molar-refractivity contribution in [1.29, 1.82) is 0 Å². The van der Waals surface area contributed by atoms with E-state index in [9.17, 15) is 0 Å². The maximum Gasteiger partial charge on any atom is 0.175 e. The first-order valence-corrected chi connectivity index (χ1v) is 6.36. The van der Waals surface area contributed by atoms with Gasteiger partial charge in [0.1, 0.15) is 0 Å². The van der Waals surface area contributed by atoms with Gasteiger partial charge in [0.05, 0.1) is 24.8 Å². The van der Waals surface area contributed by atoms with E-state index in [0.717, 1.165) is 21.5 Å². The molecule has 96 valence electrons. The summed E-state index contributed by atoms with van der Waals surface area (Å²) >= 11 is 3.48. The van der Waals surface area contributed by atoms with Gasteiger partial charge >= 0.3 is 0 Å². The van der Waals surface area contributed by atoms with Gasteiger partial charge in [-0.05, 0) is 47.5 Å². The van der Waals surface area contributed by atoms with Crippen LogP contribution in [0.15, 0.2) is 16.6 Å². The number of benzene rings is 1. The smallest absolute Gasteiger partial charge is 0.175 e. The monoisotopic (exact) mass is 303 g/mol. The van der Waals surface area contributed by atoms with Gasteiger partial charge in [-0.15, -0.1) is 0 Å². The molecule has 1 rings (SSSR count). The Balaban J connectivity index is 2.84. The van der Waals surface area contributed by atoms with Crippen molar-refractivity contribution < 1.29 is 14.3 Å². The topological polar surface area (TPSA) is 39.7 Å². The third kappa shape index (κ3) is 4.18. The molecule has 0 bridgehead atoms. The molecule has 0 saturated heterocycles. The molecule has 0 fully saturated rings. The zero-order chi connectivity index (χ0) is 12.7. The van der Waals surface area contributed by atoms with Crippen LogP contribution in [0, 0.1) is 0 Å². The van der Waals surface area contributed by atoms with Gasteiger partial charge in [-0.1, -0.05) is 0 Å².